The van der Waals surface area contributed by atoms with Gasteiger partial charge in [-0.2, -0.15) is 0 Å². The first-order valence-electron chi connectivity index (χ1n) is 17.0. The number of rotatable bonds is 17. The Bertz CT molecular complexity index is 1210. The number of carbonyl (C=O) groups is 3. The lowest BCUT2D eigenvalue weighted by atomic mass is 9.95. The van der Waals surface area contributed by atoms with Crippen LogP contribution >= 0.6 is 0 Å². The van der Waals surface area contributed by atoms with Crippen molar-refractivity contribution in [3.8, 4) is 0 Å². The van der Waals surface area contributed by atoms with Crippen molar-refractivity contribution in [1.29, 1.82) is 0 Å². The maximum atomic E-state index is 12.0. The van der Waals surface area contributed by atoms with Gasteiger partial charge in [0.1, 0.15) is 91.4 Å². The smallest absolute Gasteiger partial charge is 0.217 e. The molecule has 3 heterocycles. The Kier molecular flexibility index (Phi) is 17.7. The van der Waals surface area contributed by atoms with Crippen LogP contribution in [0, 0.1) is 0 Å². The van der Waals surface area contributed by atoms with Gasteiger partial charge < -0.3 is 106 Å². The van der Waals surface area contributed by atoms with Gasteiger partial charge in [-0.25, -0.2) is 0 Å². The molecule has 0 bridgehead atoms. The number of amides is 3. The summed E-state index contributed by atoms with van der Waals surface area (Å²) in [5.41, 5.74) is 0. The summed E-state index contributed by atoms with van der Waals surface area (Å²) >= 11 is 0. The van der Waals surface area contributed by atoms with Gasteiger partial charge in [0.2, 0.25) is 17.7 Å². The second kappa shape index (κ2) is 20.7. The molecule has 3 saturated heterocycles. The predicted octanol–water partition coefficient (Wildman–Crippen LogP) is -9.68. The lowest BCUT2D eigenvalue weighted by molar-refractivity contribution is -0.356. The topological polar surface area (TPSA) is 385 Å². The van der Waals surface area contributed by atoms with Crippen molar-refractivity contribution >= 4 is 17.7 Å². The highest BCUT2D eigenvalue weighted by Gasteiger charge is 2.53. The number of carbonyl (C=O) groups excluding carboxylic acids is 3. The zero-order valence-corrected chi connectivity index (χ0v) is 29.5. The molecule has 15 N–H and O–H groups in total. The van der Waals surface area contributed by atoms with Crippen LogP contribution in [0.5, 0.6) is 0 Å². The van der Waals surface area contributed by atoms with Crippen LogP contribution in [-0.2, 0) is 42.8 Å². The van der Waals surface area contributed by atoms with Crippen molar-refractivity contribution in [2.45, 2.75) is 137 Å². The summed E-state index contributed by atoms with van der Waals surface area (Å²) in [5.74, 6) is -2.12. The Morgan fingerprint density at radius 2 is 1.11 bits per heavy atom. The number of aliphatic hydroxyl groups is 12. The molecule has 0 saturated carbocycles. The van der Waals surface area contributed by atoms with E-state index in [2.05, 4.69) is 16.0 Å². The third kappa shape index (κ3) is 11.2. The van der Waals surface area contributed by atoms with Gasteiger partial charge in [0.05, 0.1) is 39.1 Å². The van der Waals surface area contributed by atoms with E-state index in [1.165, 1.54) is 0 Å². The van der Waals surface area contributed by atoms with E-state index in [9.17, 15) is 75.7 Å². The lowest BCUT2D eigenvalue weighted by Gasteiger charge is -2.47. The molecule has 1 unspecified atom stereocenters. The third-order valence-corrected chi connectivity index (χ3v) is 9.05. The van der Waals surface area contributed by atoms with Crippen molar-refractivity contribution in [2.24, 2.45) is 0 Å². The lowest BCUT2D eigenvalue weighted by Crippen LogP contribution is -2.68. The van der Waals surface area contributed by atoms with Crippen LogP contribution < -0.4 is 16.0 Å². The van der Waals surface area contributed by atoms with Gasteiger partial charge in [-0.15, -0.1) is 0 Å². The van der Waals surface area contributed by atoms with E-state index >= 15 is 0 Å². The molecule has 0 aromatic heterocycles. The van der Waals surface area contributed by atoms with Crippen LogP contribution in [0.4, 0.5) is 0 Å². The summed E-state index contributed by atoms with van der Waals surface area (Å²) in [7, 11) is 0. The molecule has 24 heteroatoms. The van der Waals surface area contributed by atoms with Crippen LogP contribution in [0.25, 0.3) is 0 Å². The standard InChI is InChI=1S/C30H53N3O21/c1-9(38)31-12(4-34)26(19(42)13(41)8-49-28-17(32-10(2)39)22(45)20(43)14(5-35)50-28)53-30-25(48)24(47)27(16(7-37)52-30)54-29-18(33-11(3)40)23(46)21(44)15(6-36)51-29/h12-30,34-37,41-48H,4-8H2,1-3H3,(H,31,38)(H,32,39)(H,33,40)/t12-,13+,14+,15+,16+,17+,18+,19-,20+,21+,22+,23+,24+,25+,26+,27-,28+,29-,30?/m0/s1. The number of hydrogen-bond acceptors (Lipinski definition) is 21. The largest absolute Gasteiger partial charge is 0.394 e. The summed E-state index contributed by atoms with van der Waals surface area (Å²) in [6, 6.07) is -4.46. The molecule has 3 aliphatic heterocycles. The molecule has 0 radical (unpaired) electrons. The first-order valence-corrected chi connectivity index (χ1v) is 17.0. The van der Waals surface area contributed by atoms with E-state index in [-0.39, 0.29) is 0 Å². The number of ether oxygens (including phenoxy) is 6. The Labute approximate surface area is 308 Å². The molecule has 24 nitrogen and oxygen atoms in total. The van der Waals surface area contributed by atoms with Crippen LogP contribution in [0.2, 0.25) is 0 Å². The minimum atomic E-state index is -2.15. The summed E-state index contributed by atoms with van der Waals surface area (Å²) in [6.45, 7) is -1.15. The fourth-order valence-electron chi connectivity index (χ4n) is 6.26. The first kappa shape index (κ1) is 46.1. The molecule has 3 rings (SSSR count). The van der Waals surface area contributed by atoms with Crippen molar-refractivity contribution in [3.05, 3.63) is 0 Å². The summed E-state index contributed by atoms with van der Waals surface area (Å²) < 4.78 is 33.5. The highest BCUT2D eigenvalue weighted by Crippen LogP contribution is 2.31. The van der Waals surface area contributed by atoms with Gasteiger partial charge in [-0.3, -0.25) is 14.4 Å². The van der Waals surface area contributed by atoms with Crippen LogP contribution in [0.15, 0.2) is 0 Å². The van der Waals surface area contributed by atoms with Gasteiger partial charge in [0.25, 0.3) is 0 Å². The molecule has 3 amide bonds. The zero-order valence-electron chi connectivity index (χ0n) is 29.5. The minimum Gasteiger partial charge on any atom is -0.394 e. The molecule has 0 aromatic rings. The fraction of sp³-hybridized carbons (Fsp3) is 0.900. The van der Waals surface area contributed by atoms with E-state index in [1.54, 1.807) is 0 Å². The monoisotopic (exact) mass is 791 g/mol. The zero-order chi connectivity index (χ0) is 40.6. The van der Waals surface area contributed by atoms with Gasteiger partial charge in [-0.1, -0.05) is 0 Å². The Balaban J connectivity index is 1.82. The van der Waals surface area contributed by atoms with Crippen molar-refractivity contribution < 1.29 is 104 Å². The van der Waals surface area contributed by atoms with E-state index < -0.39 is 167 Å². The molecule has 314 valence electrons. The SMILES string of the molecule is CC(=O)N[C@H]1[C@H](OC[C@@H](O)[C@H](O)[C@H](OC2O[C@H](CO)[C@H](O[C@@H]3O[C@H](CO)[C@@H](O)[C@H](O)[C@H]3NC(C)=O)[C@H](O)[C@H]2O)[C@H](CO)NC(C)=O)O[C@H](CO)[C@@H](O)[C@@H]1O. The Morgan fingerprint density at radius 1 is 0.630 bits per heavy atom. The highest BCUT2D eigenvalue weighted by molar-refractivity contribution is 5.74. The molecule has 3 aliphatic rings. The third-order valence-electron chi connectivity index (χ3n) is 9.05. The van der Waals surface area contributed by atoms with Crippen molar-refractivity contribution in [1.82, 2.24) is 16.0 Å². The molecular formula is C30H53N3O21. The molecular weight excluding hydrogens is 738 g/mol. The average Bonchev–Trinajstić information content (AvgIpc) is 3.12. The normalized spacial score (nSPS) is 39.5. The molecule has 54 heavy (non-hydrogen) atoms. The molecule has 3 fully saturated rings. The summed E-state index contributed by atoms with van der Waals surface area (Å²) in [6.07, 6.45) is -28.5. The number of aliphatic hydroxyl groups excluding tert-OH is 12. The van der Waals surface area contributed by atoms with Gasteiger partial charge >= 0.3 is 0 Å². The number of nitrogens with one attached hydrogen (secondary N) is 3. The second-order valence-corrected chi connectivity index (χ2v) is 13.2. The maximum Gasteiger partial charge on any atom is 0.217 e. The van der Waals surface area contributed by atoms with Gasteiger partial charge in [0.15, 0.2) is 18.9 Å². The van der Waals surface area contributed by atoms with E-state index in [1.807, 2.05) is 0 Å². The first-order chi connectivity index (χ1) is 25.4. The van der Waals surface area contributed by atoms with Crippen molar-refractivity contribution in [3.63, 3.8) is 0 Å². The summed E-state index contributed by atoms with van der Waals surface area (Å²) in [5, 5.41) is 132. The average molecular weight is 792 g/mol. The fourth-order valence-corrected chi connectivity index (χ4v) is 6.26. The Morgan fingerprint density at radius 3 is 1.57 bits per heavy atom. The molecule has 0 aromatic carbocycles. The minimum absolute atomic E-state index is 0.673. The second-order valence-electron chi connectivity index (χ2n) is 13.2. The van der Waals surface area contributed by atoms with Crippen LogP contribution in [0.1, 0.15) is 20.8 Å². The predicted molar refractivity (Wildman–Crippen MR) is 171 cm³/mol. The number of hydrogen-bond donors (Lipinski definition) is 15. The van der Waals surface area contributed by atoms with Gasteiger partial charge in [-0.05, 0) is 0 Å². The van der Waals surface area contributed by atoms with Crippen molar-refractivity contribution in [2.75, 3.05) is 33.0 Å². The Hall–Kier alpha value is -2.31. The van der Waals surface area contributed by atoms with Gasteiger partial charge in [0, 0.05) is 20.8 Å². The van der Waals surface area contributed by atoms with Crippen LogP contribution in [0.3, 0.4) is 0 Å². The molecule has 19 atom stereocenters. The van der Waals surface area contributed by atoms with E-state index in [0.29, 0.717) is 0 Å². The van der Waals surface area contributed by atoms with E-state index in [0.717, 1.165) is 20.8 Å². The van der Waals surface area contributed by atoms with E-state index in [4.69, 9.17) is 28.4 Å². The summed E-state index contributed by atoms with van der Waals surface area (Å²) in [4.78, 5) is 35.6. The molecule has 0 spiro atoms. The highest BCUT2D eigenvalue weighted by atomic mass is 16.7. The quantitative estimate of drug-likeness (QED) is 0.0650. The molecule has 0 aliphatic carbocycles. The van der Waals surface area contributed by atoms with Crippen LogP contribution in [-0.4, -0.2) is 228 Å². The maximum absolute atomic E-state index is 12.0.